The SMILES string of the molecule is COC(=O)c1ccc(C#Cc2cccc(OC(CN3CCOCC3)C34CC5CC(CC(C5)C3)C4)c2)cc1. The Morgan fingerprint density at radius 1 is 0.973 bits per heavy atom. The molecule has 5 aliphatic rings. The van der Waals surface area contributed by atoms with Crippen LogP contribution in [0.4, 0.5) is 0 Å². The highest BCUT2D eigenvalue weighted by molar-refractivity contribution is 5.89. The van der Waals surface area contributed by atoms with Crippen LogP contribution < -0.4 is 4.74 Å². The van der Waals surface area contributed by atoms with E-state index in [1.807, 2.05) is 24.3 Å². The summed E-state index contributed by atoms with van der Waals surface area (Å²) in [6.07, 6.45) is 8.51. The molecule has 37 heavy (non-hydrogen) atoms. The number of hydrogen-bond donors (Lipinski definition) is 0. The normalized spacial score (nSPS) is 29.3. The molecule has 4 saturated carbocycles. The Morgan fingerprint density at radius 3 is 2.27 bits per heavy atom. The van der Waals surface area contributed by atoms with E-state index in [0.29, 0.717) is 11.0 Å². The van der Waals surface area contributed by atoms with E-state index in [2.05, 4.69) is 28.9 Å². The number of carbonyl (C=O) groups is 1. The van der Waals surface area contributed by atoms with E-state index in [1.165, 1.54) is 45.6 Å². The van der Waals surface area contributed by atoms with Gasteiger partial charge in [-0.05, 0) is 98.7 Å². The summed E-state index contributed by atoms with van der Waals surface area (Å²) in [7, 11) is 1.39. The van der Waals surface area contributed by atoms with E-state index >= 15 is 0 Å². The molecule has 4 aliphatic carbocycles. The fraction of sp³-hybridized carbons (Fsp3) is 0.531. The maximum Gasteiger partial charge on any atom is 0.337 e. The lowest BCUT2D eigenvalue weighted by Crippen LogP contribution is -2.57. The van der Waals surface area contributed by atoms with Gasteiger partial charge in [0, 0.05) is 36.2 Å². The van der Waals surface area contributed by atoms with Gasteiger partial charge >= 0.3 is 5.97 Å². The first-order chi connectivity index (χ1) is 18.1. The number of ether oxygens (including phenoxy) is 3. The van der Waals surface area contributed by atoms with E-state index in [-0.39, 0.29) is 12.1 Å². The number of carbonyl (C=O) groups excluding carboxylic acids is 1. The predicted octanol–water partition coefficient (Wildman–Crippen LogP) is 5.17. The standard InChI is InChI=1S/C32H37NO4/c1-35-31(34)28-9-7-23(8-10-28)5-6-24-3-2-4-29(18-24)37-30(22-33-11-13-36-14-12-33)32-19-25-15-26(20-32)17-27(16-25)21-32/h2-4,7-10,18,25-27,30H,11-17,19-22H2,1H3. The van der Waals surface area contributed by atoms with Crippen LogP contribution in [-0.4, -0.2) is 56.9 Å². The van der Waals surface area contributed by atoms with Crippen molar-refractivity contribution in [2.24, 2.45) is 23.2 Å². The molecule has 0 radical (unpaired) electrons. The summed E-state index contributed by atoms with van der Waals surface area (Å²) in [6.45, 7) is 4.61. The molecule has 7 rings (SSSR count). The largest absolute Gasteiger partial charge is 0.488 e. The average Bonchev–Trinajstić information content (AvgIpc) is 2.91. The molecule has 1 unspecified atom stereocenters. The fourth-order valence-corrected chi connectivity index (χ4v) is 7.71. The number of nitrogens with zero attached hydrogens (tertiary/aromatic N) is 1. The summed E-state index contributed by atoms with van der Waals surface area (Å²) in [4.78, 5) is 14.2. The first kappa shape index (κ1) is 24.5. The topological polar surface area (TPSA) is 48.0 Å². The molecule has 0 aromatic heterocycles. The van der Waals surface area contributed by atoms with Gasteiger partial charge in [-0.15, -0.1) is 0 Å². The number of esters is 1. The maximum absolute atomic E-state index is 11.7. The lowest BCUT2D eigenvalue weighted by molar-refractivity contribution is -0.121. The summed E-state index contributed by atoms with van der Waals surface area (Å²) in [6, 6.07) is 15.4. The van der Waals surface area contributed by atoms with Crippen LogP contribution in [0.5, 0.6) is 5.75 Å². The highest BCUT2D eigenvalue weighted by atomic mass is 16.5. The van der Waals surface area contributed by atoms with Crippen LogP contribution in [-0.2, 0) is 9.47 Å². The van der Waals surface area contributed by atoms with Gasteiger partial charge in [0.2, 0.25) is 0 Å². The van der Waals surface area contributed by atoms with Crippen molar-refractivity contribution >= 4 is 5.97 Å². The van der Waals surface area contributed by atoms with E-state index in [4.69, 9.17) is 14.2 Å². The van der Waals surface area contributed by atoms with Crippen molar-refractivity contribution in [3.63, 3.8) is 0 Å². The zero-order valence-corrected chi connectivity index (χ0v) is 21.8. The van der Waals surface area contributed by atoms with Gasteiger partial charge in [0.05, 0.1) is 25.9 Å². The average molecular weight is 500 g/mol. The molecular weight excluding hydrogens is 462 g/mol. The number of benzene rings is 2. The van der Waals surface area contributed by atoms with E-state index in [0.717, 1.165) is 67.5 Å². The molecule has 1 saturated heterocycles. The fourth-order valence-electron chi connectivity index (χ4n) is 7.71. The third-order valence-corrected chi connectivity index (χ3v) is 9.07. The van der Waals surface area contributed by atoms with E-state index < -0.39 is 0 Å². The van der Waals surface area contributed by atoms with Crippen molar-refractivity contribution in [1.29, 1.82) is 0 Å². The lowest BCUT2D eigenvalue weighted by Gasteiger charge is -2.59. The second-order valence-electron chi connectivity index (χ2n) is 11.6. The zero-order chi connectivity index (χ0) is 25.2. The molecule has 194 valence electrons. The molecule has 5 heteroatoms. The van der Waals surface area contributed by atoms with Crippen molar-refractivity contribution in [2.45, 2.75) is 44.6 Å². The van der Waals surface area contributed by atoms with Gasteiger partial charge < -0.3 is 14.2 Å². The Kier molecular flexibility index (Phi) is 6.97. The number of rotatable bonds is 6. The smallest absolute Gasteiger partial charge is 0.337 e. The van der Waals surface area contributed by atoms with Crippen molar-refractivity contribution < 1.29 is 19.0 Å². The van der Waals surface area contributed by atoms with Gasteiger partial charge in [0.25, 0.3) is 0 Å². The van der Waals surface area contributed by atoms with Gasteiger partial charge in [-0.3, -0.25) is 4.90 Å². The molecule has 0 amide bonds. The summed E-state index contributed by atoms with van der Waals surface area (Å²) < 4.78 is 17.4. The van der Waals surface area contributed by atoms with Crippen LogP contribution in [0.25, 0.3) is 0 Å². The van der Waals surface area contributed by atoms with Crippen molar-refractivity contribution in [1.82, 2.24) is 4.90 Å². The Hall–Kier alpha value is -2.81. The maximum atomic E-state index is 11.7. The minimum Gasteiger partial charge on any atom is -0.488 e. The minimum absolute atomic E-state index is 0.202. The first-order valence-electron chi connectivity index (χ1n) is 13.9. The Bertz CT molecular complexity index is 1140. The molecule has 1 atom stereocenters. The molecule has 1 heterocycles. The van der Waals surface area contributed by atoms with Crippen LogP contribution >= 0.6 is 0 Å². The lowest BCUT2D eigenvalue weighted by atomic mass is 9.48. The molecule has 5 fully saturated rings. The van der Waals surface area contributed by atoms with Gasteiger partial charge in [-0.25, -0.2) is 4.79 Å². The quantitative estimate of drug-likeness (QED) is 0.406. The van der Waals surface area contributed by atoms with Crippen LogP contribution in [0, 0.1) is 35.0 Å². The molecule has 2 aromatic rings. The minimum atomic E-state index is -0.338. The molecular formula is C32H37NO4. The van der Waals surface area contributed by atoms with Gasteiger partial charge in [-0.2, -0.15) is 0 Å². The second kappa shape index (κ2) is 10.5. The van der Waals surface area contributed by atoms with Crippen LogP contribution in [0.2, 0.25) is 0 Å². The second-order valence-corrected chi connectivity index (χ2v) is 11.6. The third-order valence-electron chi connectivity index (χ3n) is 9.07. The monoisotopic (exact) mass is 499 g/mol. The number of morpholine rings is 1. The van der Waals surface area contributed by atoms with E-state index in [9.17, 15) is 4.79 Å². The third kappa shape index (κ3) is 5.42. The number of methoxy groups -OCH3 is 1. The van der Waals surface area contributed by atoms with Crippen molar-refractivity contribution in [2.75, 3.05) is 40.0 Å². The van der Waals surface area contributed by atoms with Crippen LogP contribution in [0.1, 0.15) is 60.0 Å². The summed E-state index contributed by atoms with van der Waals surface area (Å²) >= 11 is 0. The first-order valence-corrected chi connectivity index (χ1v) is 13.9. The summed E-state index contributed by atoms with van der Waals surface area (Å²) in [5.74, 6) is 9.76. The molecule has 0 spiro atoms. The molecule has 0 N–H and O–H groups in total. The Morgan fingerprint density at radius 2 is 1.62 bits per heavy atom. The molecule has 1 aliphatic heterocycles. The summed E-state index contributed by atoms with van der Waals surface area (Å²) in [5.41, 5.74) is 2.62. The van der Waals surface area contributed by atoms with Gasteiger partial charge in [-0.1, -0.05) is 17.9 Å². The summed E-state index contributed by atoms with van der Waals surface area (Å²) in [5, 5.41) is 0. The highest BCUT2D eigenvalue weighted by Gasteiger charge is 2.55. The zero-order valence-electron chi connectivity index (χ0n) is 21.8. The molecule has 2 aromatic carbocycles. The molecule has 5 nitrogen and oxygen atoms in total. The highest BCUT2D eigenvalue weighted by Crippen LogP contribution is 2.61. The molecule has 4 bridgehead atoms. The van der Waals surface area contributed by atoms with Gasteiger partial charge in [0.15, 0.2) is 0 Å². The van der Waals surface area contributed by atoms with E-state index in [1.54, 1.807) is 12.1 Å². The van der Waals surface area contributed by atoms with Gasteiger partial charge in [0.1, 0.15) is 11.9 Å². The van der Waals surface area contributed by atoms with Crippen LogP contribution in [0.3, 0.4) is 0 Å². The van der Waals surface area contributed by atoms with Crippen molar-refractivity contribution in [3.8, 4) is 17.6 Å². The van der Waals surface area contributed by atoms with Crippen molar-refractivity contribution in [3.05, 3.63) is 65.2 Å². The predicted molar refractivity (Wildman–Crippen MR) is 142 cm³/mol. The Balaban J connectivity index is 1.21. The van der Waals surface area contributed by atoms with Crippen LogP contribution in [0.15, 0.2) is 48.5 Å². The number of hydrogen-bond acceptors (Lipinski definition) is 5. The Labute approximate surface area is 220 Å².